The SMILES string of the molecule is [NH-]Nc1ccccc1.[Re]. The van der Waals surface area contributed by atoms with Crippen molar-refractivity contribution in [3.8, 4) is 0 Å². The number of benzene rings is 1. The molecule has 0 unspecified atom stereocenters. The van der Waals surface area contributed by atoms with Crippen LogP contribution < -0.4 is 5.43 Å². The fourth-order valence-electron chi connectivity index (χ4n) is 0.521. The van der Waals surface area contributed by atoms with Crippen LogP contribution in [0.1, 0.15) is 0 Å². The van der Waals surface area contributed by atoms with Crippen LogP contribution in [0.2, 0.25) is 0 Å². The van der Waals surface area contributed by atoms with E-state index in [4.69, 9.17) is 5.84 Å². The molecule has 2 N–H and O–H groups in total. The fraction of sp³-hybridized carbons (Fsp3) is 0. The minimum Gasteiger partial charge on any atom is -0.586 e. The summed E-state index contributed by atoms with van der Waals surface area (Å²) in [6.45, 7) is 0. The van der Waals surface area contributed by atoms with Crippen molar-refractivity contribution < 1.29 is 20.4 Å². The number of hydrogen-bond acceptors (Lipinski definition) is 1. The van der Waals surface area contributed by atoms with E-state index >= 15 is 0 Å². The van der Waals surface area contributed by atoms with Gasteiger partial charge < -0.3 is 11.3 Å². The predicted molar refractivity (Wildman–Crippen MR) is 34.4 cm³/mol. The largest absolute Gasteiger partial charge is 0.586 e. The Morgan fingerprint density at radius 2 is 1.67 bits per heavy atom. The van der Waals surface area contributed by atoms with Crippen LogP contribution in [0.25, 0.3) is 5.84 Å². The third-order valence-corrected chi connectivity index (χ3v) is 0.918. The van der Waals surface area contributed by atoms with E-state index < -0.39 is 0 Å². The number of nitrogens with one attached hydrogen (secondary N) is 2. The molecule has 0 heterocycles. The average Bonchev–Trinajstić information content (AvgIpc) is 1.90. The summed E-state index contributed by atoms with van der Waals surface area (Å²) < 4.78 is 0. The normalized spacial score (nSPS) is 7.67. The molecule has 0 spiro atoms. The molecule has 0 atom stereocenters. The van der Waals surface area contributed by atoms with Crippen LogP contribution in [0.15, 0.2) is 30.3 Å². The average molecular weight is 293 g/mol. The van der Waals surface area contributed by atoms with Gasteiger partial charge in [0.15, 0.2) is 0 Å². The van der Waals surface area contributed by atoms with Crippen molar-refractivity contribution in [2.24, 2.45) is 0 Å². The van der Waals surface area contributed by atoms with Gasteiger partial charge in [-0.05, 0) is 12.1 Å². The second-order valence-corrected chi connectivity index (χ2v) is 1.49. The topological polar surface area (TPSA) is 35.8 Å². The molecule has 0 aliphatic rings. The van der Waals surface area contributed by atoms with Gasteiger partial charge in [0.05, 0.1) is 0 Å². The molecule has 1 rings (SSSR count). The van der Waals surface area contributed by atoms with E-state index in [0.29, 0.717) is 0 Å². The predicted octanol–water partition coefficient (Wildman–Crippen LogP) is 2.06. The number of hydrogen-bond donors (Lipinski definition) is 1. The summed E-state index contributed by atoms with van der Waals surface area (Å²) in [5.41, 5.74) is 3.10. The maximum atomic E-state index is 6.69. The van der Waals surface area contributed by atoms with Crippen LogP contribution >= 0.6 is 0 Å². The van der Waals surface area contributed by atoms with Gasteiger partial charge in [-0.25, -0.2) is 0 Å². The van der Waals surface area contributed by atoms with E-state index in [-0.39, 0.29) is 20.4 Å². The molecule has 1 radical (unpaired) electrons. The maximum absolute atomic E-state index is 6.69. The third kappa shape index (κ3) is 2.62. The second kappa shape index (κ2) is 4.51. The van der Waals surface area contributed by atoms with Crippen molar-refractivity contribution >= 4 is 5.69 Å². The first-order valence-electron chi connectivity index (χ1n) is 2.41. The molecule has 0 fully saturated rings. The van der Waals surface area contributed by atoms with Crippen molar-refractivity contribution in [2.75, 3.05) is 5.43 Å². The first-order chi connectivity index (χ1) is 3.93. The van der Waals surface area contributed by atoms with Gasteiger partial charge in [-0.1, -0.05) is 18.2 Å². The van der Waals surface area contributed by atoms with Crippen LogP contribution in [0, 0.1) is 0 Å². The molecule has 0 aromatic heterocycles. The Hall–Kier alpha value is -0.358. The van der Waals surface area contributed by atoms with E-state index in [9.17, 15) is 0 Å². The van der Waals surface area contributed by atoms with Gasteiger partial charge in [0.25, 0.3) is 0 Å². The molecule has 0 bridgehead atoms. The number of para-hydroxylation sites is 1. The fourth-order valence-corrected chi connectivity index (χ4v) is 0.521. The van der Waals surface area contributed by atoms with Gasteiger partial charge >= 0.3 is 0 Å². The Morgan fingerprint density at radius 1 is 1.11 bits per heavy atom. The number of anilines is 1. The van der Waals surface area contributed by atoms with Crippen LogP contribution in [0.3, 0.4) is 0 Å². The summed E-state index contributed by atoms with van der Waals surface area (Å²) >= 11 is 0. The minimum absolute atomic E-state index is 0. The molecule has 1 aromatic rings. The molecule has 0 aliphatic carbocycles. The van der Waals surface area contributed by atoms with Crippen LogP contribution in [0.5, 0.6) is 0 Å². The van der Waals surface area contributed by atoms with Gasteiger partial charge in [-0.15, -0.1) is 0 Å². The van der Waals surface area contributed by atoms with Crippen LogP contribution in [-0.2, 0) is 20.4 Å². The van der Waals surface area contributed by atoms with Crippen LogP contribution in [0.4, 0.5) is 5.69 Å². The van der Waals surface area contributed by atoms with E-state index in [2.05, 4.69) is 5.43 Å². The Labute approximate surface area is 68.1 Å². The Balaban J connectivity index is 0.000000640. The summed E-state index contributed by atoms with van der Waals surface area (Å²) in [6, 6.07) is 9.37. The van der Waals surface area contributed by atoms with Crippen molar-refractivity contribution in [3.63, 3.8) is 0 Å². The Kier molecular flexibility index (Phi) is 4.34. The smallest absolute Gasteiger partial charge is 0.0168 e. The Morgan fingerprint density at radius 3 is 2.00 bits per heavy atom. The van der Waals surface area contributed by atoms with Crippen molar-refractivity contribution in [1.29, 1.82) is 0 Å². The van der Waals surface area contributed by atoms with Crippen molar-refractivity contribution in [1.82, 2.24) is 0 Å². The summed E-state index contributed by atoms with van der Waals surface area (Å²) in [5.74, 6) is 6.69. The number of rotatable bonds is 1. The monoisotopic (exact) mass is 294 g/mol. The zero-order valence-electron chi connectivity index (χ0n) is 4.76. The molecule has 3 heteroatoms. The van der Waals surface area contributed by atoms with Gasteiger partial charge in [0, 0.05) is 26.1 Å². The molecule has 0 aliphatic heterocycles. The van der Waals surface area contributed by atoms with E-state index in [1.54, 1.807) is 0 Å². The molecule has 2 nitrogen and oxygen atoms in total. The molecule has 0 saturated carbocycles. The Bertz CT molecular complexity index is 152. The first kappa shape index (κ1) is 8.64. The third-order valence-electron chi connectivity index (χ3n) is 0.918. The zero-order valence-corrected chi connectivity index (χ0v) is 7.48. The molecule has 49 valence electrons. The molecule has 1 aromatic carbocycles. The second-order valence-electron chi connectivity index (χ2n) is 1.49. The van der Waals surface area contributed by atoms with Gasteiger partial charge in [-0.2, -0.15) is 0 Å². The standard InChI is InChI=1S/C6H7N2.Re/c7-8-6-4-2-1-3-5-6;/h1-5,7-8H;/q-1;. The zero-order chi connectivity index (χ0) is 5.82. The van der Waals surface area contributed by atoms with E-state index in [1.165, 1.54) is 0 Å². The van der Waals surface area contributed by atoms with Gasteiger partial charge in [0.2, 0.25) is 0 Å². The van der Waals surface area contributed by atoms with Crippen molar-refractivity contribution in [2.45, 2.75) is 0 Å². The van der Waals surface area contributed by atoms with Gasteiger partial charge in [0.1, 0.15) is 0 Å². The first-order valence-corrected chi connectivity index (χ1v) is 2.41. The summed E-state index contributed by atoms with van der Waals surface area (Å²) in [5, 5.41) is 0. The molecule has 0 saturated heterocycles. The molecule has 9 heavy (non-hydrogen) atoms. The summed E-state index contributed by atoms with van der Waals surface area (Å²) in [7, 11) is 0. The minimum atomic E-state index is 0. The molecule has 0 amide bonds. The van der Waals surface area contributed by atoms with Gasteiger partial charge in [-0.3, -0.25) is 0 Å². The van der Waals surface area contributed by atoms with Crippen LogP contribution in [-0.4, -0.2) is 0 Å². The molecular weight excluding hydrogens is 286 g/mol. The molecular formula is C6H7N2Re-. The van der Waals surface area contributed by atoms with E-state index in [1.807, 2.05) is 30.3 Å². The summed E-state index contributed by atoms with van der Waals surface area (Å²) in [6.07, 6.45) is 0. The van der Waals surface area contributed by atoms with E-state index in [0.717, 1.165) is 5.69 Å². The summed E-state index contributed by atoms with van der Waals surface area (Å²) in [4.78, 5) is 0. The quantitative estimate of drug-likeness (QED) is 0.791. The van der Waals surface area contributed by atoms with Crippen molar-refractivity contribution in [3.05, 3.63) is 36.2 Å². The maximum Gasteiger partial charge on any atom is 0.0168 e.